The summed E-state index contributed by atoms with van der Waals surface area (Å²) in [5.74, 6) is 0.869. The first-order chi connectivity index (χ1) is 18.8. The smallest absolute Gasteiger partial charge is 0.406 e. The van der Waals surface area contributed by atoms with Gasteiger partial charge in [0.15, 0.2) is 0 Å². The van der Waals surface area contributed by atoms with E-state index < -0.39 is 6.36 Å². The van der Waals surface area contributed by atoms with Crippen LogP contribution in [-0.4, -0.2) is 79.6 Å². The Morgan fingerprint density at radius 3 is 2.26 bits per heavy atom. The first-order valence-corrected chi connectivity index (χ1v) is 12.7. The molecular weight excluding hydrogens is 513 g/mol. The number of carbonyl (C=O) groups excluding carboxylic acids is 1. The van der Waals surface area contributed by atoms with Gasteiger partial charge in [-0.05, 0) is 48.0 Å². The second-order valence-electron chi connectivity index (χ2n) is 9.25. The Morgan fingerprint density at radius 1 is 0.897 bits per heavy atom. The summed E-state index contributed by atoms with van der Waals surface area (Å²) < 4.78 is 46.3. The predicted molar refractivity (Wildman–Crippen MR) is 140 cm³/mol. The lowest BCUT2D eigenvalue weighted by Crippen LogP contribution is -2.49. The summed E-state index contributed by atoms with van der Waals surface area (Å²) in [7, 11) is 0. The monoisotopic (exact) mass is 542 g/mol. The Labute approximate surface area is 224 Å². The third kappa shape index (κ3) is 7.29. The topological polar surface area (TPSA) is 83.1 Å². The highest BCUT2D eigenvalue weighted by Crippen LogP contribution is 2.24. The number of aromatic nitrogens is 2. The van der Waals surface area contributed by atoms with Crippen LogP contribution in [0.5, 0.6) is 5.75 Å². The molecule has 0 radical (unpaired) electrons. The third-order valence-electron chi connectivity index (χ3n) is 6.61. The minimum Gasteiger partial charge on any atom is -0.406 e. The molecular formula is C27H29F3N6O3. The first kappa shape index (κ1) is 26.5. The molecule has 206 valence electrons. The highest BCUT2D eigenvalue weighted by molar-refractivity contribution is 5.79. The van der Waals surface area contributed by atoms with Gasteiger partial charge in [-0.3, -0.25) is 4.79 Å². The maximum Gasteiger partial charge on any atom is 0.573 e. The number of hydrogen-bond donors (Lipinski definition) is 1. The number of piperazine rings is 1. The van der Waals surface area contributed by atoms with Crippen LogP contribution in [0.1, 0.15) is 5.56 Å². The number of amides is 1. The zero-order chi connectivity index (χ0) is 27.2. The zero-order valence-electron chi connectivity index (χ0n) is 21.2. The van der Waals surface area contributed by atoms with Crippen molar-refractivity contribution >= 4 is 29.0 Å². The van der Waals surface area contributed by atoms with Crippen molar-refractivity contribution in [2.24, 2.45) is 0 Å². The molecule has 5 rings (SSSR count). The molecule has 0 unspecified atom stereocenters. The number of alkyl halides is 3. The Morgan fingerprint density at radius 2 is 1.59 bits per heavy atom. The summed E-state index contributed by atoms with van der Waals surface area (Å²) in [4.78, 5) is 27.9. The zero-order valence-corrected chi connectivity index (χ0v) is 21.2. The van der Waals surface area contributed by atoms with Crippen molar-refractivity contribution in [3.05, 3.63) is 66.4 Å². The molecule has 2 saturated heterocycles. The van der Waals surface area contributed by atoms with Crippen molar-refractivity contribution in [3.8, 4) is 5.75 Å². The van der Waals surface area contributed by atoms with Crippen molar-refractivity contribution in [1.29, 1.82) is 0 Å². The van der Waals surface area contributed by atoms with Gasteiger partial charge < -0.3 is 29.5 Å². The van der Waals surface area contributed by atoms with Crippen molar-refractivity contribution in [3.63, 3.8) is 0 Å². The van der Waals surface area contributed by atoms with E-state index in [1.165, 1.54) is 24.3 Å². The molecule has 12 heteroatoms. The summed E-state index contributed by atoms with van der Waals surface area (Å²) in [6.45, 7) is 5.48. The van der Waals surface area contributed by atoms with Gasteiger partial charge in [-0.25, -0.2) is 4.98 Å². The molecule has 39 heavy (non-hydrogen) atoms. The Kier molecular flexibility index (Phi) is 8.01. The van der Waals surface area contributed by atoms with E-state index in [1.807, 2.05) is 18.2 Å². The van der Waals surface area contributed by atoms with Crippen LogP contribution in [0.3, 0.4) is 0 Å². The normalized spacial score (nSPS) is 16.2. The number of carbonyl (C=O) groups is 1. The molecule has 0 aliphatic carbocycles. The van der Waals surface area contributed by atoms with Gasteiger partial charge in [0, 0.05) is 56.8 Å². The van der Waals surface area contributed by atoms with Crippen molar-refractivity contribution in [1.82, 2.24) is 14.9 Å². The average molecular weight is 543 g/mol. The van der Waals surface area contributed by atoms with Crippen LogP contribution in [0.15, 0.2) is 60.8 Å². The maximum absolute atomic E-state index is 12.8. The number of morpholine rings is 1. The number of nitrogens with one attached hydrogen (secondary N) is 1. The van der Waals surface area contributed by atoms with Crippen LogP contribution in [0.25, 0.3) is 0 Å². The second kappa shape index (κ2) is 11.8. The lowest BCUT2D eigenvalue weighted by atomic mass is 10.1. The Hall–Kier alpha value is -4.06. The number of benzene rings is 2. The van der Waals surface area contributed by atoms with E-state index in [0.717, 1.165) is 43.5 Å². The molecule has 9 nitrogen and oxygen atoms in total. The van der Waals surface area contributed by atoms with Gasteiger partial charge in [0.2, 0.25) is 11.9 Å². The maximum atomic E-state index is 12.8. The predicted octanol–water partition coefficient (Wildman–Crippen LogP) is 3.85. The largest absolute Gasteiger partial charge is 0.573 e. The van der Waals surface area contributed by atoms with Gasteiger partial charge in [0.05, 0.1) is 19.6 Å². The molecule has 0 saturated carbocycles. The minimum atomic E-state index is -4.74. The fourth-order valence-electron chi connectivity index (χ4n) is 4.57. The molecule has 2 aliphatic rings. The summed E-state index contributed by atoms with van der Waals surface area (Å²) in [5, 5.41) is 3.26. The number of rotatable bonds is 7. The molecule has 0 atom stereocenters. The number of halogens is 3. The lowest BCUT2D eigenvalue weighted by Gasteiger charge is -2.35. The highest BCUT2D eigenvalue weighted by Gasteiger charge is 2.31. The molecule has 0 bridgehead atoms. The van der Waals surface area contributed by atoms with Crippen LogP contribution < -0.4 is 19.9 Å². The summed E-state index contributed by atoms with van der Waals surface area (Å²) >= 11 is 0. The van der Waals surface area contributed by atoms with Crippen molar-refractivity contribution in [2.75, 3.05) is 67.6 Å². The van der Waals surface area contributed by atoms with Crippen LogP contribution in [-0.2, 0) is 16.0 Å². The SMILES string of the molecule is O=C(Cc1ccc(OC(F)(F)F)cc1)N1CCN(c2ccnc(Nc3ccc(N4CCOCC4)cc3)n2)CC1. The van der Waals surface area contributed by atoms with E-state index >= 15 is 0 Å². The van der Waals surface area contributed by atoms with Gasteiger partial charge in [-0.1, -0.05) is 12.1 Å². The van der Waals surface area contributed by atoms with E-state index in [2.05, 4.69) is 42.0 Å². The van der Waals surface area contributed by atoms with Gasteiger partial charge in [0.25, 0.3) is 0 Å². The van der Waals surface area contributed by atoms with Crippen molar-refractivity contribution in [2.45, 2.75) is 12.8 Å². The number of anilines is 4. The second-order valence-corrected chi connectivity index (χ2v) is 9.25. The highest BCUT2D eigenvalue weighted by atomic mass is 19.4. The van der Waals surface area contributed by atoms with Crippen LogP contribution in [0.2, 0.25) is 0 Å². The Balaban J connectivity index is 1.12. The third-order valence-corrected chi connectivity index (χ3v) is 6.61. The molecule has 3 heterocycles. The van der Waals surface area contributed by atoms with Gasteiger partial charge in [-0.2, -0.15) is 4.98 Å². The molecule has 2 fully saturated rings. The van der Waals surface area contributed by atoms with Crippen molar-refractivity contribution < 1.29 is 27.4 Å². The first-order valence-electron chi connectivity index (χ1n) is 12.7. The molecule has 1 N–H and O–H groups in total. The van der Waals surface area contributed by atoms with Crippen LogP contribution in [0, 0.1) is 0 Å². The Bertz CT molecular complexity index is 1240. The molecule has 3 aromatic rings. The van der Waals surface area contributed by atoms with E-state index in [1.54, 1.807) is 11.1 Å². The molecule has 2 aromatic carbocycles. The van der Waals surface area contributed by atoms with E-state index in [-0.39, 0.29) is 18.1 Å². The summed E-state index contributed by atoms with van der Waals surface area (Å²) in [5.41, 5.74) is 2.66. The number of ether oxygens (including phenoxy) is 2. The number of nitrogens with zero attached hydrogens (tertiary/aromatic N) is 5. The summed E-state index contributed by atoms with van der Waals surface area (Å²) in [6, 6.07) is 15.4. The van der Waals surface area contributed by atoms with E-state index in [0.29, 0.717) is 37.7 Å². The molecule has 2 aliphatic heterocycles. The molecule has 1 aromatic heterocycles. The molecule has 0 spiro atoms. The number of hydrogen-bond acceptors (Lipinski definition) is 8. The van der Waals surface area contributed by atoms with Gasteiger partial charge in [-0.15, -0.1) is 13.2 Å². The van der Waals surface area contributed by atoms with Gasteiger partial charge >= 0.3 is 6.36 Å². The van der Waals surface area contributed by atoms with Gasteiger partial charge in [0.1, 0.15) is 11.6 Å². The van der Waals surface area contributed by atoms with Crippen LogP contribution in [0.4, 0.5) is 36.3 Å². The summed E-state index contributed by atoms with van der Waals surface area (Å²) in [6.07, 6.45) is -2.93. The average Bonchev–Trinajstić information content (AvgIpc) is 2.94. The standard InChI is InChI=1S/C27H29F3N6O3/c28-27(29,30)39-23-7-1-20(2-8-23)19-25(37)36-13-11-35(12-14-36)24-9-10-31-26(33-24)32-21-3-5-22(6-4-21)34-15-17-38-18-16-34/h1-10H,11-19H2,(H,31,32,33). The minimum absolute atomic E-state index is 0.0790. The quantitative estimate of drug-likeness (QED) is 0.482. The molecule has 1 amide bonds. The van der Waals surface area contributed by atoms with E-state index in [4.69, 9.17) is 4.74 Å². The fourth-order valence-corrected chi connectivity index (χ4v) is 4.57. The fraction of sp³-hybridized carbons (Fsp3) is 0.370. The van der Waals surface area contributed by atoms with E-state index in [9.17, 15) is 18.0 Å². The lowest BCUT2D eigenvalue weighted by molar-refractivity contribution is -0.274. The van der Waals surface area contributed by atoms with Crippen LogP contribution >= 0.6 is 0 Å².